The Labute approximate surface area is 170 Å². The summed E-state index contributed by atoms with van der Waals surface area (Å²) in [5.41, 5.74) is -0.834. The van der Waals surface area contributed by atoms with Gasteiger partial charge < -0.3 is 0 Å². The third-order valence-electron chi connectivity index (χ3n) is 3.81. The number of rotatable bonds is 3. The normalized spacial score (nSPS) is 17.9. The number of carbonyl (C=O) groups excluding carboxylic acids is 3. The second kappa shape index (κ2) is 7.70. The summed E-state index contributed by atoms with van der Waals surface area (Å²) in [6.07, 6.45) is -3.58. The Balaban J connectivity index is 1.92. The molecule has 1 saturated heterocycles. The van der Waals surface area contributed by atoms with Gasteiger partial charge in [0.05, 0.1) is 16.9 Å². The summed E-state index contributed by atoms with van der Waals surface area (Å²) in [4.78, 5) is 41.4. The van der Waals surface area contributed by atoms with Crippen molar-refractivity contribution in [3.05, 3.63) is 57.7 Å². The maximum absolute atomic E-state index is 12.9. The Morgan fingerprint density at radius 3 is 2.46 bits per heavy atom. The second-order valence-corrected chi connectivity index (χ2v) is 7.00. The Kier molecular flexibility index (Phi) is 5.49. The lowest BCUT2D eigenvalue weighted by Gasteiger charge is -2.28. The molecule has 1 aliphatic rings. The van der Waals surface area contributed by atoms with E-state index in [-0.39, 0.29) is 5.69 Å². The first-order valence-corrected chi connectivity index (χ1v) is 8.90. The molecule has 3 rings (SSSR count). The summed E-state index contributed by atoms with van der Waals surface area (Å²) in [6, 6.07) is 9.53. The van der Waals surface area contributed by atoms with Gasteiger partial charge in [-0.1, -0.05) is 12.1 Å². The lowest BCUT2D eigenvalue weighted by atomic mass is 10.1. The maximum Gasteiger partial charge on any atom is 0.416 e. The maximum atomic E-state index is 12.9. The summed E-state index contributed by atoms with van der Waals surface area (Å²) >= 11 is 2.07. The number of barbiturate groups is 1. The minimum Gasteiger partial charge on any atom is -0.276 e. The lowest BCUT2D eigenvalue weighted by molar-refractivity contribution is -0.138. The first-order valence-electron chi connectivity index (χ1n) is 7.82. The van der Waals surface area contributed by atoms with Gasteiger partial charge in [0.25, 0.3) is 5.91 Å². The Morgan fingerprint density at radius 2 is 1.79 bits per heavy atom. The topological polar surface area (TPSA) is 78.8 Å². The molecule has 1 heterocycles. The van der Waals surface area contributed by atoms with Crippen LogP contribution in [0.15, 0.2) is 53.5 Å². The number of aliphatic imine (C=N–C) groups is 1. The standard InChI is InChI=1S/C18H11F3IN3O3/c19-18(20,21)10-3-1-6-13(7-10)25-16(27)14(15(26)24-17(25)28)9-23-12-5-2-4-11(22)8-12/h1-9,14H,(H,24,26,28)/t14-/m0/s1. The molecule has 1 aliphatic heterocycles. The molecule has 6 nitrogen and oxygen atoms in total. The molecule has 1 fully saturated rings. The number of anilines is 1. The predicted molar refractivity (Wildman–Crippen MR) is 103 cm³/mol. The van der Waals surface area contributed by atoms with Crippen LogP contribution in [-0.2, 0) is 15.8 Å². The van der Waals surface area contributed by atoms with Gasteiger partial charge >= 0.3 is 12.2 Å². The van der Waals surface area contributed by atoms with Crippen molar-refractivity contribution < 1.29 is 27.6 Å². The van der Waals surface area contributed by atoms with Gasteiger partial charge in [-0.05, 0) is 59.0 Å². The van der Waals surface area contributed by atoms with Crippen LogP contribution in [0.5, 0.6) is 0 Å². The van der Waals surface area contributed by atoms with E-state index in [2.05, 4.69) is 27.6 Å². The largest absolute Gasteiger partial charge is 0.416 e. The number of nitrogens with one attached hydrogen (secondary N) is 1. The molecule has 0 aliphatic carbocycles. The number of hydrogen-bond donors (Lipinski definition) is 1. The summed E-state index contributed by atoms with van der Waals surface area (Å²) in [5.74, 6) is -3.33. The van der Waals surface area contributed by atoms with Gasteiger partial charge in [-0.15, -0.1) is 0 Å². The van der Waals surface area contributed by atoms with E-state index >= 15 is 0 Å². The van der Waals surface area contributed by atoms with Crippen LogP contribution in [0, 0.1) is 9.49 Å². The smallest absolute Gasteiger partial charge is 0.276 e. The van der Waals surface area contributed by atoms with E-state index in [1.165, 1.54) is 6.07 Å². The lowest BCUT2D eigenvalue weighted by Crippen LogP contribution is -2.58. The van der Waals surface area contributed by atoms with Crippen molar-refractivity contribution in [2.45, 2.75) is 6.18 Å². The van der Waals surface area contributed by atoms with Crippen molar-refractivity contribution in [1.29, 1.82) is 0 Å². The molecular formula is C18H11F3IN3O3. The van der Waals surface area contributed by atoms with E-state index in [1.807, 2.05) is 11.4 Å². The fourth-order valence-corrected chi connectivity index (χ4v) is 3.03. The van der Waals surface area contributed by atoms with E-state index in [9.17, 15) is 27.6 Å². The number of alkyl halides is 3. The zero-order valence-corrected chi connectivity index (χ0v) is 16.1. The first kappa shape index (κ1) is 20.0. The molecular weight excluding hydrogens is 490 g/mol. The average Bonchev–Trinajstić information content (AvgIpc) is 2.61. The van der Waals surface area contributed by atoms with Crippen molar-refractivity contribution in [2.75, 3.05) is 4.90 Å². The fraction of sp³-hybridized carbons (Fsp3) is 0.111. The molecule has 1 N–H and O–H groups in total. The zero-order valence-electron chi connectivity index (χ0n) is 13.9. The van der Waals surface area contributed by atoms with Gasteiger partial charge in [-0.3, -0.25) is 19.9 Å². The van der Waals surface area contributed by atoms with Crippen LogP contribution in [0.25, 0.3) is 0 Å². The summed E-state index contributed by atoms with van der Waals surface area (Å²) in [5, 5.41) is 1.97. The van der Waals surface area contributed by atoms with Crippen molar-refractivity contribution in [1.82, 2.24) is 5.32 Å². The Hall–Kier alpha value is -2.76. The molecule has 0 unspecified atom stereocenters. The quantitative estimate of drug-likeness (QED) is 0.394. The van der Waals surface area contributed by atoms with E-state index in [0.29, 0.717) is 16.7 Å². The molecule has 0 saturated carbocycles. The van der Waals surface area contributed by atoms with Gasteiger partial charge in [-0.25, -0.2) is 9.69 Å². The highest BCUT2D eigenvalue weighted by molar-refractivity contribution is 14.1. The molecule has 0 aromatic heterocycles. The number of urea groups is 1. The molecule has 0 radical (unpaired) electrons. The van der Waals surface area contributed by atoms with Gasteiger partial charge in [-0.2, -0.15) is 13.2 Å². The van der Waals surface area contributed by atoms with Crippen LogP contribution in [0.2, 0.25) is 0 Å². The van der Waals surface area contributed by atoms with Crippen LogP contribution in [0.3, 0.4) is 0 Å². The van der Waals surface area contributed by atoms with Gasteiger partial charge in [0.15, 0.2) is 5.92 Å². The number of carbonyl (C=O) groups is 3. The van der Waals surface area contributed by atoms with Crippen LogP contribution >= 0.6 is 22.6 Å². The third-order valence-corrected chi connectivity index (χ3v) is 4.49. The number of imide groups is 2. The summed E-state index contributed by atoms with van der Waals surface area (Å²) in [6.45, 7) is 0. The number of hydrogen-bond acceptors (Lipinski definition) is 4. The highest BCUT2D eigenvalue weighted by Crippen LogP contribution is 2.32. The summed E-state index contributed by atoms with van der Waals surface area (Å²) in [7, 11) is 0. The molecule has 28 heavy (non-hydrogen) atoms. The molecule has 1 atom stereocenters. The molecule has 10 heteroatoms. The molecule has 2 aromatic carbocycles. The van der Waals surface area contributed by atoms with Gasteiger partial charge in [0, 0.05) is 9.78 Å². The molecule has 4 amide bonds. The highest BCUT2D eigenvalue weighted by atomic mass is 127. The van der Waals surface area contributed by atoms with E-state index in [0.717, 1.165) is 21.9 Å². The van der Waals surface area contributed by atoms with E-state index in [4.69, 9.17) is 0 Å². The number of halogens is 4. The van der Waals surface area contributed by atoms with Crippen LogP contribution in [-0.4, -0.2) is 24.1 Å². The minimum absolute atomic E-state index is 0.294. The third kappa shape index (κ3) is 4.21. The van der Waals surface area contributed by atoms with Crippen molar-refractivity contribution >= 4 is 58.0 Å². The minimum atomic E-state index is -4.65. The van der Waals surface area contributed by atoms with Crippen LogP contribution in [0.4, 0.5) is 29.3 Å². The molecule has 0 spiro atoms. The number of benzene rings is 2. The van der Waals surface area contributed by atoms with Gasteiger partial charge in [0.1, 0.15) is 0 Å². The predicted octanol–water partition coefficient (Wildman–Crippen LogP) is 3.91. The number of nitrogens with zero attached hydrogens (tertiary/aromatic N) is 2. The SMILES string of the molecule is O=C1NC(=O)N(c2cccc(C(F)(F)F)c2)C(=O)[C@H]1C=Nc1cccc(I)c1. The molecule has 144 valence electrons. The van der Waals surface area contributed by atoms with Crippen molar-refractivity contribution in [3.63, 3.8) is 0 Å². The first-order chi connectivity index (χ1) is 13.2. The average molecular weight is 501 g/mol. The van der Waals surface area contributed by atoms with Gasteiger partial charge in [0.2, 0.25) is 5.91 Å². The van der Waals surface area contributed by atoms with Crippen molar-refractivity contribution in [3.8, 4) is 0 Å². The van der Waals surface area contributed by atoms with E-state index in [1.54, 1.807) is 18.2 Å². The molecule has 0 bridgehead atoms. The summed E-state index contributed by atoms with van der Waals surface area (Å²) < 4.78 is 39.7. The van der Waals surface area contributed by atoms with Crippen LogP contribution in [0.1, 0.15) is 5.56 Å². The highest BCUT2D eigenvalue weighted by Gasteiger charge is 2.41. The Morgan fingerprint density at radius 1 is 1.07 bits per heavy atom. The molecule has 2 aromatic rings. The van der Waals surface area contributed by atoms with Crippen molar-refractivity contribution in [2.24, 2.45) is 10.9 Å². The Bertz CT molecular complexity index is 991. The monoisotopic (exact) mass is 501 g/mol. The zero-order chi connectivity index (χ0) is 20.5. The fourth-order valence-electron chi connectivity index (χ4n) is 2.50. The van der Waals surface area contributed by atoms with E-state index < -0.39 is 35.5 Å². The van der Waals surface area contributed by atoms with Crippen LogP contribution < -0.4 is 10.2 Å². The number of amides is 4. The second-order valence-electron chi connectivity index (χ2n) is 5.75.